The van der Waals surface area contributed by atoms with E-state index in [4.69, 9.17) is 11.6 Å². The minimum absolute atomic E-state index is 0.0620. The van der Waals surface area contributed by atoms with Gasteiger partial charge in [-0.2, -0.15) is 5.10 Å². The van der Waals surface area contributed by atoms with Crippen LogP contribution >= 0.6 is 11.6 Å². The van der Waals surface area contributed by atoms with Gasteiger partial charge in [-0.25, -0.2) is 13.8 Å². The molecular formula is C23H20ClN3O4S. The van der Waals surface area contributed by atoms with Crippen LogP contribution in [0.25, 0.3) is 0 Å². The number of benzene rings is 3. The fourth-order valence-corrected chi connectivity index (χ4v) is 5.00. The van der Waals surface area contributed by atoms with Crippen LogP contribution in [-0.4, -0.2) is 32.2 Å². The van der Waals surface area contributed by atoms with Crippen LogP contribution in [0.5, 0.6) is 5.75 Å². The predicted molar refractivity (Wildman–Crippen MR) is 124 cm³/mol. The number of nitrogens with zero attached hydrogens (tertiary/aromatic N) is 2. The Morgan fingerprint density at radius 2 is 1.72 bits per heavy atom. The summed E-state index contributed by atoms with van der Waals surface area (Å²) in [5.41, 5.74) is 5.14. The number of anilines is 1. The van der Waals surface area contributed by atoms with Crippen molar-refractivity contribution in [3.05, 3.63) is 88.4 Å². The predicted octanol–water partition coefficient (Wildman–Crippen LogP) is 3.95. The molecule has 0 aliphatic heterocycles. The Bertz CT molecular complexity index is 1310. The average molecular weight is 470 g/mol. The van der Waals surface area contributed by atoms with E-state index in [1.54, 1.807) is 36.4 Å². The monoisotopic (exact) mass is 469 g/mol. The summed E-state index contributed by atoms with van der Waals surface area (Å²) in [7, 11) is -2.29. The van der Waals surface area contributed by atoms with E-state index < -0.39 is 15.9 Å². The van der Waals surface area contributed by atoms with E-state index in [2.05, 4.69) is 10.5 Å². The minimum Gasteiger partial charge on any atom is -0.507 e. The number of hydrogen-bond donors (Lipinski definition) is 2. The molecule has 0 atom stereocenters. The fourth-order valence-electron chi connectivity index (χ4n) is 3.55. The molecule has 0 saturated carbocycles. The molecule has 0 spiro atoms. The molecule has 0 unspecified atom stereocenters. The van der Waals surface area contributed by atoms with Gasteiger partial charge in [0.1, 0.15) is 5.75 Å². The second-order valence-electron chi connectivity index (χ2n) is 7.25. The second-order valence-corrected chi connectivity index (χ2v) is 9.63. The van der Waals surface area contributed by atoms with Gasteiger partial charge in [0.2, 0.25) is 0 Å². The summed E-state index contributed by atoms with van der Waals surface area (Å²) < 4.78 is 26.9. The number of aromatic hydroxyl groups is 1. The number of phenols is 1. The van der Waals surface area contributed by atoms with Gasteiger partial charge < -0.3 is 5.11 Å². The number of rotatable bonds is 5. The lowest BCUT2D eigenvalue weighted by molar-refractivity contribution is 0.0954. The first-order valence-electron chi connectivity index (χ1n) is 9.80. The lowest BCUT2D eigenvalue weighted by Crippen LogP contribution is -2.26. The van der Waals surface area contributed by atoms with Gasteiger partial charge in [0.05, 0.1) is 16.3 Å². The highest BCUT2D eigenvalue weighted by Gasteiger charge is 2.25. The molecule has 32 heavy (non-hydrogen) atoms. The Labute approximate surface area is 191 Å². The van der Waals surface area contributed by atoms with E-state index in [0.717, 1.165) is 5.56 Å². The number of halogens is 1. The lowest BCUT2D eigenvalue weighted by Gasteiger charge is -2.19. The third-order valence-electron chi connectivity index (χ3n) is 5.32. The van der Waals surface area contributed by atoms with Gasteiger partial charge in [-0.05, 0) is 66.9 Å². The summed E-state index contributed by atoms with van der Waals surface area (Å²) in [5.74, 6) is -0.431. The Morgan fingerprint density at radius 3 is 2.41 bits per heavy atom. The molecular weight excluding hydrogens is 450 g/mol. The standard InChI is InChI=1S/C23H20ClN3O4S/c1-27(16-5-3-2-4-6-16)32(30,31)17-9-7-15(8-10-17)23(29)26-25-20-13-11-18-19(24)12-14-21(28)22(18)20/h2-10,12,14,28H,11,13H2,1H3,(H,26,29)/b25-20+. The van der Waals surface area contributed by atoms with Crippen molar-refractivity contribution < 1.29 is 18.3 Å². The quantitative estimate of drug-likeness (QED) is 0.552. The van der Waals surface area contributed by atoms with Crippen LogP contribution in [-0.2, 0) is 16.4 Å². The zero-order valence-corrected chi connectivity index (χ0v) is 18.7. The van der Waals surface area contributed by atoms with Crippen molar-refractivity contribution in [1.29, 1.82) is 0 Å². The number of carbonyl (C=O) groups is 1. The molecule has 3 aromatic rings. The zero-order chi connectivity index (χ0) is 22.9. The first-order valence-corrected chi connectivity index (χ1v) is 11.6. The molecule has 0 aromatic heterocycles. The van der Waals surface area contributed by atoms with E-state index in [1.807, 2.05) is 0 Å². The molecule has 0 saturated heterocycles. The second kappa shape index (κ2) is 8.64. The maximum absolute atomic E-state index is 12.9. The first kappa shape index (κ1) is 21.9. The number of amides is 1. The van der Waals surface area contributed by atoms with Crippen molar-refractivity contribution in [3.63, 3.8) is 0 Å². The zero-order valence-electron chi connectivity index (χ0n) is 17.1. The van der Waals surface area contributed by atoms with E-state index >= 15 is 0 Å². The number of para-hydroxylation sites is 1. The van der Waals surface area contributed by atoms with Gasteiger partial charge >= 0.3 is 0 Å². The highest BCUT2D eigenvalue weighted by molar-refractivity contribution is 7.92. The molecule has 1 aliphatic rings. The van der Waals surface area contributed by atoms with Gasteiger partial charge in [0.25, 0.3) is 15.9 Å². The normalized spacial score (nSPS) is 14.2. The molecule has 0 fully saturated rings. The van der Waals surface area contributed by atoms with Gasteiger partial charge in [-0.15, -0.1) is 0 Å². The van der Waals surface area contributed by atoms with Crippen LogP contribution in [0.3, 0.4) is 0 Å². The SMILES string of the molecule is CN(c1ccccc1)S(=O)(=O)c1ccc(C(=O)N/N=C2\CCc3c(Cl)ccc(O)c32)cc1. The van der Waals surface area contributed by atoms with Gasteiger partial charge in [0, 0.05) is 23.2 Å². The van der Waals surface area contributed by atoms with Crippen molar-refractivity contribution in [2.45, 2.75) is 17.7 Å². The highest BCUT2D eigenvalue weighted by atomic mass is 35.5. The summed E-state index contributed by atoms with van der Waals surface area (Å²) in [6.45, 7) is 0. The minimum atomic E-state index is -3.77. The summed E-state index contributed by atoms with van der Waals surface area (Å²) in [5, 5.41) is 14.8. The maximum atomic E-state index is 12.9. The summed E-state index contributed by atoms with van der Waals surface area (Å²) in [6, 6.07) is 17.5. The molecule has 7 nitrogen and oxygen atoms in total. The molecule has 0 radical (unpaired) electrons. The van der Waals surface area contributed by atoms with Gasteiger partial charge in [0.15, 0.2) is 0 Å². The molecule has 2 N–H and O–H groups in total. The smallest absolute Gasteiger partial charge is 0.271 e. The molecule has 9 heteroatoms. The Hall–Kier alpha value is -3.36. The summed E-state index contributed by atoms with van der Waals surface area (Å²) in [6.07, 6.45) is 1.16. The van der Waals surface area contributed by atoms with Gasteiger partial charge in [-0.1, -0.05) is 29.8 Å². The van der Waals surface area contributed by atoms with Crippen molar-refractivity contribution in [2.75, 3.05) is 11.4 Å². The van der Waals surface area contributed by atoms with Crippen LogP contribution < -0.4 is 9.73 Å². The Balaban J connectivity index is 1.50. The highest BCUT2D eigenvalue weighted by Crippen LogP contribution is 2.35. The van der Waals surface area contributed by atoms with E-state index in [9.17, 15) is 18.3 Å². The largest absolute Gasteiger partial charge is 0.507 e. The number of nitrogens with one attached hydrogen (secondary N) is 1. The van der Waals surface area contributed by atoms with E-state index in [1.165, 1.54) is 41.7 Å². The van der Waals surface area contributed by atoms with E-state index in [0.29, 0.717) is 34.8 Å². The first-order chi connectivity index (χ1) is 15.3. The maximum Gasteiger partial charge on any atom is 0.271 e. The molecule has 4 rings (SSSR count). The van der Waals surface area contributed by atoms with Gasteiger partial charge in [-0.3, -0.25) is 9.10 Å². The number of carbonyl (C=O) groups excluding carboxylic acids is 1. The fraction of sp³-hybridized carbons (Fsp3) is 0.130. The Kier molecular flexibility index (Phi) is 5.90. The number of hydrogen-bond acceptors (Lipinski definition) is 5. The summed E-state index contributed by atoms with van der Waals surface area (Å²) in [4.78, 5) is 12.6. The molecule has 0 bridgehead atoms. The molecule has 164 valence electrons. The molecule has 1 aliphatic carbocycles. The van der Waals surface area contributed by atoms with Crippen LogP contribution in [0.1, 0.15) is 27.9 Å². The van der Waals surface area contributed by atoms with Crippen LogP contribution in [0, 0.1) is 0 Å². The number of sulfonamides is 1. The third kappa shape index (κ3) is 4.06. The van der Waals surface area contributed by atoms with Crippen molar-refractivity contribution >= 4 is 38.9 Å². The molecule has 1 amide bonds. The molecule has 3 aromatic carbocycles. The molecule has 0 heterocycles. The van der Waals surface area contributed by atoms with Crippen LogP contribution in [0.15, 0.2) is 76.7 Å². The number of hydrazone groups is 1. The number of fused-ring (bicyclic) bond motifs is 1. The lowest BCUT2D eigenvalue weighted by atomic mass is 10.1. The average Bonchev–Trinajstić information content (AvgIpc) is 3.25. The van der Waals surface area contributed by atoms with Crippen molar-refractivity contribution in [2.24, 2.45) is 5.10 Å². The summed E-state index contributed by atoms with van der Waals surface area (Å²) >= 11 is 6.17. The number of phenolic OH excluding ortho intramolecular Hbond substituents is 1. The topological polar surface area (TPSA) is 99.1 Å². The van der Waals surface area contributed by atoms with Crippen molar-refractivity contribution in [3.8, 4) is 5.75 Å². The van der Waals surface area contributed by atoms with Crippen LogP contribution in [0.4, 0.5) is 5.69 Å². The van der Waals surface area contributed by atoms with Crippen molar-refractivity contribution in [1.82, 2.24) is 5.43 Å². The van der Waals surface area contributed by atoms with Crippen LogP contribution in [0.2, 0.25) is 5.02 Å². The van der Waals surface area contributed by atoms with E-state index in [-0.39, 0.29) is 16.2 Å². The third-order valence-corrected chi connectivity index (χ3v) is 7.48. The Morgan fingerprint density at radius 1 is 1.03 bits per heavy atom.